The molecule has 2 aromatic carbocycles. The Bertz CT molecular complexity index is 1190. The second-order valence-corrected chi connectivity index (χ2v) is 7.11. The number of nitrogens with one attached hydrogen (secondary N) is 3. The van der Waals surface area contributed by atoms with Gasteiger partial charge in [-0.1, -0.05) is 36.4 Å². The third-order valence-corrected chi connectivity index (χ3v) is 5.15. The molecule has 1 amide bonds. The molecule has 0 bridgehead atoms. The molecule has 2 aromatic heterocycles. The van der Waals surface area contributed by atoms with Crippen LogP contribution >= 0.6 is 0 Å². The Morgan fingerprint density at radius 3 is 1.90 bits per heavy atom. The molecule has 4 aromatic rings. The first-order valence-electron chi connectivity index (χ1n) is 9.39. The number of carboxylic acid groups (broad SMARTS) is 1. The summed E-state index contributed by atoms with van der Waals surface area (Å²) in [6, 6.07) is 13.3. The molecule has 1 radical (unpaired) electrons. The number of aliphatic carboxylic acids is 1. The molecule has 0 unspecified atom stereocenters. The van der Waals surface area contributed by atoms with Crippen molar-refractivity contribution in [1.29, 1.82) is 0 Å². The summed E-state index contributed by atoms with van der Waals surface area (Å²) in [5.41, 5.74) is 9.63. The Morgan fingerprint density at radius 1 is 0.903 bits per heavy atom. The fourth-order valence-electron chi connectivity index (χ4n) is 3.62. The molecule has 31 heavy (non-hydrogen) atoms. The SMILES string of the molecule is N[C@@H](Cc1c[nH]c2ccccc12)C(=O)N[C@@H](Cc1c[nH]c2ccccc12)C(=O)[O-].[Cl-].[Cu+2]. The summed E-state index contributed by atoms with van der Waals surface area (Å²) < 4.78 is 0. The molecule has 0 aliphatic rings. The Labute approximate surface area is 195 Å². The molecule has 0 saturated carbocycles. The first-order chi connectivity index (χ1) is 14.0. The first kappa shape index (κ1) is 24.5. The number of para-hydroxylation sites is 2. The summed E-state index contributed by atoms with van der Waals surface area (Å²) >= 11 is 0. The van der Waals surface area contributed by atoms with Gasteiger partial charge in [0, 0.05) is 40.6 Å². The number of hydrogen-bond donors (Lipinski definition) is 4. The van der Waals surface area contributed by atoms with Crippen molar-refractivity contribution in [1.82, 2.24) is 15.3 Å². The molecule has 2 atom stereocenters. The van der Waals surface area contributed by atoms with Crippen LogP contribution in [0.25, 0.3) is 21.8 Å². The molecule has 0 aliphatic heterocycles. The minimum Gasteiger partial charge on any atom is -1.00 e. The number of aromatic amines is 2. The normalized spacial score (nSPS) is 12.5. The number of amides is 1. The third-order valence-electron chi connectivity index (χ3n) is 5.15. The van der Waals surface area contributed by atoms with Gasteiger partial charge in [0.25, 0.3) is 0 Å². The van der Waals surface area contributed by atoms with Crippen LogP contribution < -0.4 is 28.6 Å². The molecule has 165 valence electrons. The van der Waals surface area contributed by atoms with Gasteiger partial charge in [0.1, 0.15) is 0 Å². The molecule has 7 nitrogen and oxygen atoms in total. The molecule has 4 rings (SSSR count). The van der Waals surface area contributed by atoms with Crippen molar-refractivity contribution in [3.63, 3.8) is 0 Å². The van der Waals surface area contributed by atoms with E-state index in [9.17, 15) is 14.7 Å². The molecule has 0 aliphatic carbocycles. The van der Waals surface area contributed by atoms with Gasteiger partial charge in [-0.3, -0.25) is 4.79 Å². The second-order valence-electron chi connectivity index (χ2n) is 7.11. The summed E-state index contributed by atoms with van der Waals surface area (Å²) in [4.78, 5) is 30.4. The standard InChI is InChI=1S/C22H22N4O3.ClH.Cu/c23-17(9-13-11-24-18-7-3-1-5-15(13)18)21(27)26-20(22(28)29)10-14-12-25-19-8-4-2-6-16(14)19;;/h1-8,11-12,17,20,24-25H,9-10,23H2,(H,26,27)(H,28,29);1H;/q;;+2/p-2/t17-,20-;;/m0../s1. The van der Waals surface area contributed by atoms with E-state index in [0.717, 1.165) is 32.9 Å². The van der Waals surface area contributed by atoms with Gasteiger partial charge in [0.15, 0.2) is 0 Å². The van der Waals surface area contributed by atoms with E-state index in [0.29, 0.717) is 6.42 Å². The van der Waals surface area contributed by atoms with Crippen molar-refractivity contribution >= 4 is 33.7 Å². The summed E-state index contributed by atoms with van der Waals surface area (Å²) in [6.07, 6.45) is 3.97. The average Bonchev–Trinajstić information content (AvgIpc) is 3.32. The zero-order chi connectivity index (χ0) is 20.4. The van der Waals surface area contributed by atoms with E-state index in [4.69, 9.17) is 5.73 Å². The molecule has 2 heterocycles. The number of H-pyrrole nitrogens is 2. The minimum absolute atomic E-state index is 0. The van der Waals surface area contributed by atoms with Gasteiger partial charge in [0.2, 0.25) is 5.91 Å². The van der Waals surface area contributed by atoms with Gasteiger partial charge in [0.05, 0.1) is 18.1 Å². The number of carboxylic acids is 1. The molecule has 0 saturated heterocycles. The van der Waals surface area contributed by atoms with Crippen LogP contribution in [0, 0.1) is 0 Å². The Kier molecular flexibility index (Phi) is 8.30. The van der Waals surface area contributed by atoms with Crippen molar-refractivity contribution in [2.75, 3.05) is 0 Å². The summed E-state index contributed by atoms with van der Waals surface area (Å²) in [5.74, 6) is -1.87. The maximum absolute atomic E-state index is 12.6. The number of halogens is 1. The van der Waals surface area contributed by atoms with Gasteiger partial charge in [-0.15, -0.1) is 0 Å². The van der Waals surface area contributed by atoms with Crippen LogP contribution in [-0.4, -0.2) is 33.9 Å². The smallest absolute Gasteiger partial charge is 1.00 e. The van der Waals surface area contributed by atoms with E-state index in [1.165, 1.54) is 0 Å². The monoisotopic (exact) mass is 487 g/mol. The molecule has 9 heteroatoms. The molecule has 0 spiro atoms. The Balaban J connectivity index is 0.00000171. The van der Waals surface area contributed by atoms with Gasteiger partial charge in [-0.05, 0) is 29.7 Å². The second kappa shape index (κ2) is 10.5. The number of nitrogens with two attached hydrogens (primary N) is 1. The van der Waals surface area contributed by atoms with Crippen LogP contribution in [0.4, 0.5) is 0 Å². The largest absolute Gasteiger partial charge is 2.00 e. The Hall–Kier alpha value is -2.77. The fourth-order valence-corrected chi connectivity index (χ4v) is 3.62. The number of carbonyl (C=O) groups excluding carboxylic acids is 2. The summed E-state index contributed by atoms with van der Waals surface area (Å²) in [6.45, 7) is 0. The number of carbonyl (C=O) groups is 2. The van der Waals surface area contributed by atoms with Gasteiger partial charge >= 0.3 is 17.1 Å². The fraction of sp³-hybridized carbons (Fsp3) is 0.182. The summed E-state index contributed by atoms with van der Waals surface area (Å²) in [7, 11) is 0. The maximum atomic E-state index is 12.6. The van der Waals surface area contributed by atoms with Crippen molar-refractivity contribution in [3.05, 3.63) is 72.1 Å². The summed E-state index contributed by atoms with van der Waals surface area (Å²) in [5, 5.41) is 16.1. The maximum Gasteiger partial charge on any atom is 2.00 e. The van der Waals surface area contributed by atoms with E-state index in [1.807, 2.05) is 54.7 Å². The van der Waals surface area contributed by atoms with Crippen molar-refractivity contribution < 1.29 is 44.2 Å². The van der Waals surface area contributed by atoms with Crippen molar-refractivity contribution in [2.24, 2.45) is 5.73 Å². The zero-order valence-electron chi connectivity index (χ0n) is 16.3. The molecule has 0 fully saturated rings. The van der Waals surface area contributed by atoms with Gasteiger partial charge < -0.3 is 43.3 Å². The van der Waals surface area contributed by atoms with Gasteiger partial charge in [-0.2, -0.15) is 0 Å². The van der Waals surface area contributed by atoms with Crippen molar-refractivity contribution in [2.45, 2.75) is 24.9 Å². The molecular weight excluding hydrogens is 467 g/mol. The predicted octanol–water partition coefficient (Wildman–Crippen LogP) is -2.00. The topological polar surface area (TPSA) is 127 Å². The van der Waals surface area contributed by atoms with E-state index in [1.54, 1.807) is 6.20 Å². The zero-order valence-corrected chi connectivity index (χ0v) is 18.0. The number of benzene rings is 2. The Morgan fingerprint density at radius 2 is 1.39 bits per heavy atom. The first-order valence-corrected chi connectivity index (χ1v) is 9.39. The molecular formula is C22H21ClCuN4O3. The van der Waals surface area contributed by atoms with Crippen LogP contribution in [0.3, 0.4) is 0 Å². The quantitative estimate of drug-likeness (QED) is 0.225. The van der Waals surface area contributed by atoms with E-state index in [-0.39, 0.29) is 35.9 Å². The van der Waals surface area contributed by atoms with Crippen molar-refractivity contribution in [3.8, 4) is 0 Å². The number of hydrogen-bond acceptors (Lipinski definition) is 4. The third kappa shape index (κ3) is 5.29. The minimum atomic E-state index is -1.34. The number of rotatable bonds is 7. The molecule has 5 N–H and O–H groups in total. The van der Waals surface area contributed by atoms with Crippen LogP contribution in [0.15, 0.2) is 60.9 Å². The van der Waals surface area contributed by atoms with E-state index in [2.05, 4.69) is 15.3 Å². The van der Waals surface area contributed by atoms with Crippen LogP contribution in [-0.2, 0) is 39.5 Å². The van der Waals surface area contributed by atoms with Crippen LogP contribution in [0.2, 0.25) is 0 Å². The number of aromatic nitrogens is 2. The van der Waals surface area contributed by atoms with Crippen LogP contribution in [0.1, 0.15) is 11.1 Å². The van der Waals surface area contributed by atoms with Crippen LogP contribution in [0.5, 0.6) is 0 Å². The number of fused-ring (bicyclic) bond motifs is 2. The van der Waals surface area contributed by atoms with E-state index >= 15 is 0 Å². The van der Waals surface area contributed by atoms with E-state index < -0.39 is 24.0 Å². The predicted molar refractivity (Wildman–Crippen MR) is 109 cm³/mol. The van der Waals surface area contributed by atoms with Gasteiger partial charge in [-0.25, -0.2) is 0 Å². The average molecular weight is 488 g/mol.